The fourth-order valence-electron chi connectivity index (χ4n) is 5.37. The number of aromatic nitrogens is 1. The van der Waals surface area contributed by atoms with Crippen molar-refractivity contribution < 1.29 is 19.1 Å². The second-order valence-corrected chi connectivity index (χ2v) is 11.1. The van der Waals surface area contributed by atoms with Crippen molar-refractivity contribution in [1.29, 1.82) is 0 Å². The van der Waals surface area contributed by atoms with Crippen LogP contribution in [0, 0.1) is 0 Å². The van der Waals surface area contributed by atoms with Gasteiger partial charge in [-0.15, -0.1) is 0 Å². The number of halogens is 2. The Bertz CT molecular complexity index is 1570. The molecule has 1 fully saturated rings. The van der Waals surface area contributed by atoms with Crippen LogP contribution in [-0.4, -0.2) is 75.8 Å². The highest BCUT2D eigenvalue weighted by molar-refractivity contribution is 6.42. The predicted molar refractivity (Wildman–Crippen MR) is 177 cm³/mol. The van der Waals surface area contributed by atoms with Crippen LogP contribution in [-0.2, 0) is 11.3 Å². The topological polar surface area (TPSA) is 103 Å². The van der Waals surface area contributed by atoms with Gasteiger partial charge in [-0.05, 0) is 30.8 Å². The molecule has 2 aliphatic rings. The molecule has 44 heavy (non-hydrogen) atoms. The van der Waals surface area contributed by atoms with Crippen LogP contribution in [0.15, 0.2) is 49.2 Å². The molecule has 0 unspecified atom stereocenters. The molecule has 0 radical (unpaired) electrons. The normalized spacial score (nSPS) is 15.1. The fraction of sp³-hybridized carbons (Fsp3) is 0.323. The van der Waals surface area contributed by atoms with Crippen molar-refractivity contribution >= 4 is 69.4 Å². The average Bonchev–Trinajstić information content (AvgIpc) is 3.04. The van der Waals surface area contributed by atoms with E-state index in [-0.39, 0.29) is 34.2 Å². The first kappa shape index (κ1) is 31.2. The Morgan fingerprint density at radius 3 is 2.34 bits per heavy atom. The average molecular weight is 641 g/mol. The van der Waals surface area contributed by atoms with E-state index < -0.39 is 0 Å². The monoisotopic (exact) mass is 639 g/mol. The predicted octanol–water partition coefficient (Wildman–Crippen LogP) is 5.99. The van der Waals surface area contributed by atoms with Gasteiger partial charge in [0.1, 0.15) is 27.4 Å². The lowest BCUT2D eigenvalue weighted by atomic mass is 10.1. The number of ether oxygens (including phenoxy) is 2. The first-order valence-electron chi connectivity index (χ1n) is 14.1. The summed E-state index contributed by atoms with van der Waals surface area (Å²) >= 11 is 13.2. The van der Waals surface area contributed by atoms with E-state index in [9.17, 15) is 9.59 Å². The summed E-state index contributed by atoms with van der Waals surface area (Å²) in [5.41, 5.74) is 3.98. The molecule has 13 heteroatoms. The van der Waals surface area contributed by atoms with Crippen LogP contribution in [0.1, 0.15) is 12.5 Å². The van der Waals surface area contributed by atoms with Gasteiger partial charge in [0.15, 0.2) is 0 Å². The first-order chi connectivity index (χ1) is 21.2. The van der Waals surface area contributed by atoms with Crippen molar-refractivity contribution in [2.75, 3.05) is 79.3 Å². The maximum atomic E-state index is 13.6. The van der Waals surface area contributed by atoms with E-state index in [0.717, 1.165) is 44.0 Å². The van der Waals surface area contributed by atoms with Gasteiger partial charge >= 0.3 is 6.03 Å². The zero-order valence-electron chi connectivity index (χ0n) is 25.1. The summed E-state index contributed by atoms with van der Waals surface area (Å²) in [6, 6.07) is 8.90. The Morgan fingerprint density at radius 1 is 1.05 bits per heavy atom. The van der Waals surface area contributed by atoms with Crippen molar-refractivity contribution in [3.05, 3.63) is 64.8 Å². The third-order valence-electron chi connectivity index (χ3n) is 7.88. The Labute approximate surface area is 266 Å². The number of nitrogens with one attached hydrogen (secondary N) is 2. The van der Waals surface area contributed by atoms with Gasteiger partial charge in [0.2, 0.25) is 5.91 Å². The molecule has 2 N–H and O–H groups in total. The van der Waals surface area contributed by atoms with Gasteiger partial charge < -0.3 is 29.9 Å². The van der Waals surface area contributed by atoms with Crippen molar-refractivity contribution in [3.8, 4) is 11.5 Å². The van der Waals surface area contributed by atoms with Crippen LogP contribution in [0.3, 0.4) is 0 Å². The number of pyridine rings is 1. The number of likely N-dealkylation sites (N-methyl/N-ethyl adjacent to an activating group) is 1. The second kappa shape index (κ2) is 13.2. The summed E-state index contributed by atoms with van der Waals surface area (Å²) in [4.78, 5) is 38.3. The number of piperazine rings is 1. The number of hydrogen-bond acceptors (Lipinski definition) is 8. The molecule has 3 aromatic rings. The van der Waals surface area contributed by atoms with E-state index in [1.165, 1.54) is 30.1 Å². The molecule has 232 valence electrons. The number of carbonyl (C=O) groups is 2. The van der Waals surface area contributed by atoms with E-state index in [4.69, 9.17) is 32.7 Å². The number of fused-ring (bicyclic) bond motifs is 1. The Morgan fingerprint density at radius 2 is 1.73 bits per heavy atom. The highest BCUT2D eigenvalue weighted by Gasteiger charge is 2.34. The van der Waals surface area contributed by atoms with Gasteiger partial charge in [-0.3, -0.25) is 14.6 Å². The lowest BCUT2D eigenvalue weighted by molar-refractivity contribution is -0.111. The molecule has 0 aliphatic carbocycles. The quantitative estimate of drug-likeness (QED) is 0.275. The van der Waals surface area contributed by atoms with Gasteiger partial charge in [0.05, 0.1) is 43.5 Å². The molecule has 0 saturated carbocycles. The number of hydrogen-bond donors (Lipinski definition) is 2. The summed E-state index contributed by atoms with van der Waals surface area (Å²) in [6.07, 6.45) is 2.92. The van der Waals surface area contributed by atoms with E-state index in [1.54, 1.807) is 25.4 Å². The van der Waals surface area contributed by atoms with Crippen molar-refractivity contribution in [1.82, 2.24) is 9.88 Å². The minimum absolute atomic E-state index is 0.169. The highest BCUT2D eigenvalue weighted by atomic mass is 35.5. The standard InChI is InChI=1S/C31H35Cl2N7O4/c1-6-27(41)36-22-14-20(39-12-10-38(7-2)11-13-39)8-9-21(22)35-26-15-23-19(17-34-26)18-40(31(42)37(23)3)30-28(32)24(43-4)16-25(44-5)29(30)33/h6,8-9,14-17H,1,7,10-13,18H2,2-5H3,(H,34,35)(H,36,41). The molecule has 0 atom stereocenters. The van der Waals surface area contributed by atoms with E-state index in [0.29, 0.717) is 34.4 Å². The fourth-order valence-corrected chi connectivity index (χ4v) is 6.07. The Balaban J connectivity index is 1.43. The van der Waals surface area contributed by atoms with Crippen molar-refractivity contribution in [3.63, 3.8) is 0 Å². The van der Waals surface area contributed by atoms with E-state index in [1.807, 2.05) is 18.2 Å². The number of nitrogens with zero attached hydrogens (tertiary/aromatic N) is 5. The molecule has 5 rings (SSSR count). The number of amides is 3. The smallest absolute Gasteiger partial charge is 0.329 e. The summed E-state index contributed by atoms with van der Waals surface area (Å²) in [5.74, 6) is 0.830. The molecule has 2 aromatic carbocycles. The first-order valence-corrected chi connectivity index (χ1v) is 14.9. The molecule has 11 nitrogen and oxygen atoms in total. The molecule has 3 amide bonds. The van der Waals surface area contributed by atoms with E-state index >= 15 is 0 Å². The maximum absolute atomic E-state index is 13.6. The van der Waals surface area contributed by atoms with Crippen LogP contribution in [0.5, 0.6) is 11.5 Å². The van der Waals surface area contributed by atoms with Crippen molar-refractivity contribution in [2.45, 2.75) is 13.5 Å². The molecule has 3 heterocycles. The minimum atomic E-state index is -0.347. The lowest BCUT2D eigenvalue weighted by Gasteiger charge is -2.36. The molecular formula is C31H35Cl2N7O4. The Hall–Kier alpha value is -4.19. The number of carbonyl (C=O) groups excluding carboxylic acids is 2. The lowest BCUT2D eigenvalue weighted by Crippen LogP contribution is -2.46. The summed E-state index contributed by atoms with van der Waals surface area (Å²) in [6.45, 7) is 10.7. The third-order valence-corrected chi connectivity index (χ3v) is 8.61. The summed E-state index contributed by atoms with van der Waals surface area (Å²) in [5, 5.41) is 6.61. The van der Waals surface area contributed by atoms with Gasteiger partial charge in [-0.1, -0.05) is 36.7 Å². The van der Waals surface area contributed by atoms with Crippen molar-refractivity contribution in [2.24, 2.45) is 0 Å². The molecule has 0 spiro atoms. The largest absolute Gasteiger partial charge is 0.495 e. The number of benzene rings is 2. The van der Waals surface area contributed by atoms with E-state index in [2.05, 4.69) is 38.9 Å². The molecule has 0 bridgehead atoms. The van der Waals surface area contributed by atoms with Gasteiger partial charge in [-0.25, -0.2) is 9.78 Å². The summed E-state index contributed by atoms with van der Waals surface area (Å²) in [7, 11) is 4.62. The van der Waals surface area contributed by atoms with Crippen LogP contribution >= 0.6 is 23.2 Å². The SMILES string of the molecule is C=CC(=O)Nc1cc(N2CCN(CC)CC2)ccc1Nc1cc2c(cn1)CN(c1c(Cl)c(OC)cc(OC)c1Cl)C(=O)N2C. The minimum Gasteiger partial charge on any atom is -0.495 e. The second-order valence-electron chi connectivity index (χ2n) is 10.4. The molecule has 2 aliphatic heterocycles. The summed E-state index contributed by atoms with van der Waals surface area (Å²) < 4.78 is 10.8. The van der Waals surface area contributed by atoms with Gasteiger partial charge in [-0.2, -0.15) is 0 Å². The number of urea groups is 1. The van der Waals surface area contributed by atoms with Crippen LogP contribution in [0.4, 0.5) is 39.0 Å². The number of rotatable bonds is 9. The van der Waals surface area contributed by atoms with Crippen LogP contribution in [0.25, 0.3) is 0 Å². The van der Waals surface area contributed by atoms with Gasteiger partial charge in [0, 0.05) is 62.8 Å². The Kier molecular flexibility index (Phi) is 9.38. The van der Waals surface area contributed by atoms with Crippen LogP contribution < -0.4 is 34.8 Å². The van der Waals surface area contributed by atoms with Crippen LogP contribution in [0.2, 0.25) is 10.0 Å². The molecule has 1 aromatic heterocycles. The maximum Gasteiger partial charge on any atom is 0.329 e. The molecular weight excluding hydrogens is 605 g/mol. The third kappa shape index (κ3) is 6.08. The highest BCUT2D eigenvalue weighted by Crippen LogP contribution is 2.48. The zero-order chi connectivity index (χ0) is 31.5. The molecule has 1 saturated heterocycles. The zero-order valence-corrected chi connectivity index (χ0v) is 26.6. The number of methoxy groups -OCH3 is 2. The van der Waals surface area contributed by atoms with Gasteiger partial charge in [0.25, 0.3) is 0 Å². The number of anilines is 6.